The van der Waals surface area contributed by atoms with E-state index in [4.69, 9.17) is 0 Å². The van der Waals surface area contributed by atoms with E-state index in [9.17, 15) is 0 Å². The van der Waals surface area contributed by atoms with Gasteiger partial charge in [0.05, 0.1) is 0 Å². The Balaban J connectivity index is 1.74. The number of nitrogens with zero attached hydrogens (tertiary/aromatic N) is 4. The van der Waals surface area contributed by atoms with Gasteiger partial charge in [0.15, 0.2) is 5.82 Å². The molecule has 0 amide bonds. The van der Waals surface area contributed by atoms with Crippen molar-refractivity contribution in [2.24, 2.45) is 5.92 Å². The molecule has 0 bridgehead atoms. The van der Waals surface area contributed by atoms with Crippen LogP contribution >= 0.6 is 34.9 Å². The van der Waals surface area contributed by atoms with Crippen LogP contribution in [0.15, 0.2) is 33.1 Å². The Labute approximate surface area is 130 Å². The van der Waals surface area contributed by atoms with Crippen LogP contribution in [0, 0.1) is 5.92 Å². The van der Waals surface area contributed by atoms with Gasteiger partial charge in [-0.15, -0.1) is 21.5 Å². The van der Waals surface area contributed by atoms with Crippen molar-refractivity contribution in [3.8, 4) is 0 Å². The Morgan fingerprint density at radius 3 is 3.00 bits per heavy atom. The van der Waals surface area contributed by atoms with Gasteiger partial charge >= 0.3 is 0 Å². The first-order valence-electron chi connectivity index (χ1n) is 6.54. The minimum absolute atomic E-state index is 0.320. The van der Waals surface area contributed by atoms with Crippen molar-refractivity contribution < 1.29 is 0 Å². The van der Waals surface area contributed by atoms with E-state index in [1.165, 1.54) is 9.91 Å². The lowest BCUT2D eigenvalue weighted by atomic mass is 10.1. The molecule has 0 saturated carbocycles. The Morgan fingerprint density at radius 1 is 1.35 bits per heavy atom. The number of hydrogen-bond acceptors (Lipinski definition) is 6. The molecule has 4 heterocycles. The molecular weight excluding hydrogens is 308 g/mol. The van der Waals surface area contributed by atoms with E-state index >= 15 is 0 Å². The van der Waals surface area contributed by atoms with Crippen molar-refractivity contribution in [2.45, 2.75) is 30.8 Å². The Kier molecular flexibility index (Phi) is 3.08. The van der Waals surface area contributed by atoms with Gasteiger partial charge in [-0.3, -0.25) is 5.01 Å². The maximum Gasteiger partial charge on any atom is 0.216 e. The van der Waals surface area contributed by atoms with Crippen LogP contribution in [-0.4, -0.2) is 14.9 Å². The summed E-state index contributed by atoms with van der Waals surface area (Å²) < 4.78 is 2.21. The third-order valence-electron chi connectivity index (χ3n) is 3.21. The van der Waals surface area contributed by atoms with E-state index < -0.39 is 0 Å². The fourth-order valence-electron chi connectivity index (χ4n) is 2.41. The van der Waals surface area contributed by atoms with E-state index in [1.807, 2.05) is 11.8 Å². The van der Waals surface area contributed by atoms with Crippen LogP contribution in [0.25, 0.3) is 0 Å². The molecule has 2 aromatic heterocycles. The summed E-state index contributed by atoms with van der Waals surface area (Å²) in [6.07, 6.45) is 0.958. The van der Waals surface area contributed by atoms with Crippen molar-refractivity contribution in [1.29, 1.82) is 0 Å². The molecule has 0 spiro atoms. The van der Waals surface area contributed by atoms with Crippen LogP contribution in [0.1, 0.15) is 29.9 Å². The smallest absolute Gasteiger partial charge is 0.216 e. The second-order valence-electron chi connectivity index (χ2n) is 5.22. The first-order valence-corrected chi connectivity index (χ1v) is 9.18. The summed E-state index contributed by atoms with van der Waals surface area (Å²) in [6, 6.07) is 4.32. The van der Waals surface area contributed by atoms with Gasteiger partial charge in [0, 0.05) is 16.7 Å². The van der Waals surface area contributed by atoms with Crippen molar-refractivity contribution in [3.63, 3.8) is 0 Å². The lowest BCUT2D eigenvalue weighted by Gasteiger charge is -2.25. The molecule has 0 aliphatic carbocycles. The fraction of sp³-hybridized carbons (Fsp3) is 0.385. The Morgan fingerprint density at radius 2 is 2.25 bits per heavy atom. The predicted molar refractivity (Wildman–Crippen MR) is 85.4 cm³/mol. The van der Waals surface area contributed by atoms with Crippen LogP contribution < -0.4 is 5.01 Å². The minimum Gasteiger partial charge on any atom is -0.252 e. The van der Waals surface area contributed by atoms with Gasteiger partial charge < -0.3 is 0 Å². The number of rotatable bonds is 3. The zero-order chi connectivity index (χ0) is 13.7. The lowest BCUT2D eigenvalue weighted by molar-refractivity contribution is 0.553. The van der Waals surface area contributed by atoms with Crippen LogP contribution in [-0.2, 0) is 6.42 Å². The molecule has 4 nitrogen and oxygen atoms in total. The average Bonchev–Trinajstić information content (AvgIpc) is 3.09. The van der Waals surface area contributed by atoms with Crippen molar-refractivity contribution in [2.75, 3.05) is 5.01 Å². The topological polar surface area (TPSA) is 34.0 Å². The lowest BCUT2D eigenvalue weighted by Crippen LogP contribution is -2.30. The molecule has 1 atom stereocenters. The summed E-state index contributed by atoms with van der Waals surface area (Å²) in [5, 5.41) is 18.0. The highest BCUT2D eigenvalue weighted by Crippen LogP contribution is 2.51. The highest BCUT2D eigenvalue weighted by molar-refractivity contribution is 8.07. The molecule has 7 heteroatoms. The van der Waals surface area contributed by atoms with Gasteiger partial charge in [0.25, 0.3) is 0 Å². The highest BCUT2D eigenvalue weighted by Gasteiger charge is 2.39. The van der Waals surface area contributed by atoms with Gasteiger partial charge in [0.2, 0.25) is 5.16 Å². The van der Waals surface area contributed by atoms with Gasteiger partial charge in [-0.1, -0.05) is 31.7 Å². The van der Waals surface area contributed by atoms with E-state index in [-0.39, 0.29) is 0 Å². The largest absolute Gasteiger partial charge is 0.252 e. The minimum atomic E-state index is 0.320. The van der Waals surface area contributed by atoms with Crippen molar-refractivity contribution in [3.05, 3.63) is 38.7 Å². The van der Waals surface area contributed by atoms with Crippen LogP contribution in [0.2, 0.25) is 0 Å². The molecule has 2 aliphatic rings. The molecule has 1 unspecified atom stereocenters. The summed E-state index contributed by atoms with van der Waals surface area (Å²) in [5.41, 5.74) is 0. The molecule has 104 valence electrons. The summed E-state index contributed by atoms with van der Waals surface area (Å²) in [7, 11) is 0. The number of aromatic nitrogens is 3. The van der Waals surface area contributed by atoms with E-state index in [0.29, 0.717) is 11.3 Å². The normalized spacial score (nSPS) is 20.4. The molecule has 0 N–H and O–H groups in total. The first-order chi connectivity index (χ1) is 9.74. The molecule has 0 fully saturated rings. The molecule has 2 aromatic rings. The monoisotopic (exact) mass is 322 g/mol. The highest BCUT2D eigenvalue weighted by atomic mass is 32.2. The zero-order valence-corrected chi connectivity index (χ0v) is 13.6. The third-order valence-corrected chi connectivity index (χ3v) is 6.46. The number of fused-ring (bicyclic) bond motifs is 3. The first kappa shape index (κ1) is 12.8. The van der Waals surface area contributed by atoms with Crippen LogP contribution in [0.5, 0.6) is 0 Å². The summed E-state index contributed by atoms with van der Waals surface area (Å²) in [6.45, 7) is 4.44. The summed E-state index contributed by atoms with van der Waals surface area (Å²) in [4.78, 5) is 1.37. The molecule has 2 aliphatic heterocycles. The second-order valence-corrected chi connectivity index (χ2v) is 8.14. The van der Waals surface area contributed by atoms with Crippen LogP contribution in [0.3, 0.4) is 0 Å². The molecule has 0 saturated heterocycles. The average molecular weight is 322 g/mol. The molecule has 0 aromatic carbocycles. The van der Waals surface area contributed by atoms with E-state index in [1.54, 1.807) is 23.1 Å². The molecular formula is C13H14N4S3. The van der Waals surface area contributed by atoms with Gasteiger partial charge in [-0.25, -0.2) is 4.68 Å². The maximum atomic E-state index is 4.37. The molecule has 20 heavy (non-hydrogen) atoms. The SMILES string of the molecule is CC(C)Cc1nnc2n1N1C(=CSC1c1cccs1)S2. The molecule has 0 radical (unpaired) electrons. The predicted octanol–water partition coefficient (Wildman–Crippen LogP) is 3.83. The Bertz CT molecular complexity index is 659. The van der Waals surface area contributed by atoms with Crippen LogP contribution in [0.4, 0.5) is 0 Å². The zero-order valence-electron chi connectivity index (χ0n) is 11.2. The van der Waals surface area contributed by atoms with Crippen molar-refractivity contribution in [1.82, 2.24) is 14.9 Å². The quantitative estimate of drug-likeness (QED) is 0.858. The second kappa shape index (κ2) is 4.82. The number of hydrogen-bond donors (Lipinski definition) is 0. The summed E-state index contributed by atoms with van der Waals surface area (Å²) >= 11 is 5.39. The van der Waals surface area contributed by atoms with E-state index in [2.05, 4.69) is 56.7 Å². The van der Waals surface area contributed by atoms with Gasteiger partial charge in [0.1, 0.15) is 10.4 Å². The van der Waals surface area contributed by atoms with E-state index in [0.717, 1.165) is 17.4 Å². The fourth-order valence-corrected chi connectivity index (χ4v) is 5.57. The summed E-state index contributed by atoms with van der Waals surface area (Å²) in [5.74, 6) is 1.65. The van der Waals surface area contributed by atoms with Gasteiger partial charge in [-0.05, 0) is 29.1 Å². The number of thiophene rings is 1. The standard InChI is InChI=1S/C13H14N4S3/c1-8(2)6-10-14-15-13-16(10)17-11(20-13)7-19-12(17)9-4-3-5-18-9/h3-5,7-8,12H,6H2,1-2H3. The molecule has 4 rings (SSSR count). The van der Waals surface area contributed by atoms with Gasteiger partial charge in [-0.2, -0.15) is 0 Å². The third kappa shape index (κ3) is 1.91. The number of thioether (sulfide) groups is 2. The Hall–Kier alpha value is -0.920. The maximum absolute atomic E-state index is 4.37. The van der Waals surface area contributed by atoms with Crippen molar-refractivity contribution >= 4 is 34.9 Å².